The van der Waals surface area contributed by atoms with Crippen LogP contribution >= 0.6 is 0 Å². The molecular weight excluding hydrogens is 542 g/mol. The lowest BCUT2D eigenvalue weighted by atomic mass is 9.98. The molecule has 1 aliphatic heterocycles. The molecule has 43 heavy (non-hydrogen) atoms. The molecule has 1 aliphatic rings. The number of fused-ring (bicyclic) bond motifs is 1. The van der Waals surface area contributed by atoms with Crippen LogP contribution in [0, 0.1) is 0 Å². The Hall–Kier alpha value is -4.41. The minimum atomic E-state index is -0.616. The molecule has 10 heteroatoms. The minimum Gasteiger partial charge on any atom is -0.380 e. The maximum absolute atomic E-state index is 14.0. The molecule has 3 N–H and O–H groups in total. The van der Waals surface area contributed by atoms with Crippen molar-refractivity contribution in [3.8, 4) is 22.5 Å². The van der Waals surface area contributed by atoms with Crippen LogP contribution in [0.25, 0.3) is 22.5 Å². The van der Waals surface area contributed by atoms with E-state index in [1.165, 1.54) is 0 Å². The summed E-state index contributed by atoms with van der Waals surface area (Å²) in [4.78, 5) is 28.9. The average Bonchev–Trinajstić information content (AvgIpc) is 3.52. The van der Waals surface area contributed by atoms with E-state index in [2.05, 4.69) is 37.3 Å². The fourth-order valence-electron chi connectivity index (χ4n) is 5.40. The summed E-state index contributed by atoms with van der Waals surface area (Å²) in [6.45, 7) is 6.95. The van der Waals surface area contributed by atoms with Gasteiger partial charge in [0.2, 0.25) is 17.6 Å². The highest BCUT2D eigenvalue weighted by atomic mass is 16.5. The van der Waals surface area contributed by atoms with Crippen LogP contribution in [0.5, 0.6) is 0 Å². The summed E-state index contributed by atoms with van der Waals surface area (Å²) in [7, 11) is 1.67. The monoisotopic (exact) mass is 581 g/mol. The first-order valence-corrected chi connectivity index (χ1v) is 14.6. The van der Waals surface area contributed by atoms with Crippen molar-refractivity contribution in [3.05, 3.63) is 83.9 Å². The van der Waals surface area contributed by atoms with E-state index in [4.69, 9.17) is 4.74 Å². The molecule has 0 unspecified atom stereocenters. The number of H-pyrrole nitrogens is 1. The second-order valence-electron chi connectivity index (χ2n) is 11.7. The Balaban J connectivity index is 1.33. The van der Waals surface area contributed by atoms with Crippen molar-refractivity contribution >= 4 is 17.5 Å². The van der Waals surface area contributed by atoms with Crippen molar-refractivity contribution in [2.45, 2.75) is 64.3 Å². The van der Waals surface area contributed by atoms with Crippen LogP contribution in [0.15, 0.2) is 72.8 Å². The highest BCUT2D eigenvalue weighted by molar-refractivity contribution is 6.00. The van der Waals surface area contributed by atoms with Crippen LogP contribution in [-0.4, -0.2) is 63.8 Å². The molecule has 0 spiro atoms. The predicted molar refractivity (Wildman–Crippen MR) is 166 cm³/mol. The molecule has 4 aromatic rings. The first-order chi connectivity index (χ1) is 20.7. The third-order valence-corrected chi connectivity index (χ3v) is 7.88. The van der Waals surface area contributed by atoms with Crippen LogP contribution in [0.3, 0.4) is 0 Å². The first-order valence-electron chi connectivity index (χ1n) is 14.6. The standard InChI is InChI=1S/C33H39N7O3/c1-22(43-4)20-34-33(2,3)19-30(41)35-28-18-17-25-9-5-8-12-29(25)40(32(28)42)21-23-13-15-24(16-14-23)26-10-6-7-11-27(26)31-36-38-39-37-31/h5-16,22,28,34H,17-21H2,1-4H3,(H,35,41)(H,36,37,38,39)/t22-,28-/m1/s1. The van der Waals surface area contributed by atoms with E-state index in [1.807, 2.05) is 87.5 Å². The first kappa shape index (κ1) is 30.1. The number of anilines is 1. The number of amides is 2. The van der Waals surface area contributed by atoms with Gasteiger partial charge in [0.15, 0.2) is 0 Å². The van der Waals surface area contributed by atoms with E-state index in [9.17, 15) is 9.59 Å². The number of benzene rings is 3. The number of nitrogens with one attached hydrogen (secondary N) is 3. The Morgan fingerprint density at radius 1 is 1.07 bits per heavy atom. The number of tetrazole rings is 1. The summed E-state index contributed by atoms with van der Waals surface area (Å²) in [5.74, 6) is 0.267. The SMILES string of the molecule is CO[C@H](C)CNC(C)(C)CC(=O)N[C@@H]1CCc2ccccc2N(Cc2ccc(-c3ccccc3-c3nn[nH]n3)cc2)C1=O. The Morgan fingerprint density at radius 2 is 1.79 bits per heavy atom. The van der Waals surface area contributed by atoms with E-state index < -0.39 is 11.6 Å². The van der Waals surface area contributed by atoms with Gasteiger partial charge in [0.1, 0.15) is 6.04 Å². The molecule has 5 rings (SSSR count). The van der Waals surface area contributed by atoms with Crippen LogP contribution < -0.4 is 15.5 Å². The Kier molecular flexibility index (Phi) is 9.27. The number of carbonyl (C=O) groups is 2. The Morgan fingerprint density at radius 3 is 2.51 bits per heavy atom. The van der Waals surface area contributed by atoms with Crippen molar-refractivity contribution < 1.29 is 14.3 Å². The molecular formula is C33H39N7O3. The fraction of sp³-hybridized carbons (Fsp3) is 0.364. The zero-order valence-corrected chi connectivity index (χ0v) is 25.1. The number of nitrogens with zero attached hydrogens (tertiary/aromatic N) is 4. The van der Waals surface area contributed by atoms with Gasteiger partial charge in [-0.05, 0) is 67.1 Å². The largest absolute Gasteiger partial charge is 0.380 e. The van der Waals surface area contributed by atoms with Gasteiger partial charge in [-0.15, -0.1) is 10.2 Å². The van der Waals surface area contributed by atoms with E-state index >= 15 is 0 Å². The number of aryl methyl sites for hydroxylation is 1. The highest BCUT2D eigenvalue weighted by Gasteiger charge is 2.32. The molecule has 0 fully saturated rings. The maximum Gasteiger partial charge on any atom is 0.249 e. The number of hydrogen-bond acceptors (Lipinski definition) is 7. The number of methoxy groups -OCH3 is 1. The molecule has 224 valence electrons. The average molecular weight is 582 g/mol. The lowest BCUT2D eigenvalue weighted by Gasteiger charge is -2.29. The smallest absolute Gasteiger partial charge is 0.249 e. The Labute approximate surface area is 252 Å². The van der Waals surface area contributed by atoms with Gasteiger partial charge >= 0.3 is 0 Å². The summed E-state index contributed by atoms with van der Waals surface area (Å²) in [5, 5.41) is 20.9. The van der Waals surface area contributed by atoms with Crippen molar-refractivity contribution in [2.75, 3.05) is 18.6 Å². The molecule has 0 radical (unpaired) electrons. The zero-order chi connectivity index (χ0) is 30.4. The number of ether oxygens (including phenoxy) is 1. The summed E-state index contributed by atoms with van der Waals surface area (Å²) >= 11 is 0. The molecule has 0 saturated carbocycles. The zero-order valence-electron chi connectivity index (χ0n) is 25.1. The third-order valence-electron chi connectivity index (χ3n) is 7.88. The summed E-state index contributed by atoms with van der Waals surface area (Å²) in [6.07, 6.45) is 1.51. The van der Waals surface area contributed by atoms with Crippen LogP contribution in [0.4, 0.5) is 5.69 Å². The molecule has 1 aromatic heterocycles. The summed E-state index contributed by atoms with van der Waals surface area (Å²) in [5.41, 5.74) is 5.38. The van der Waals surface area contributed by atoms with Gasteiger partial charge < -0.3 is 20.3 Å². The number of carbonyl (C=O) groups excluding carboxylic acids is 2. The van der Waals surface area contributed by atoms with Crippen molar-refractivity contribution in [2.24, 2.45) is 0 Å². The number of aromatic nitrogens is 4. The van der Waals surface area contributed by atoms with Crippen LogP contribution in [-0.2, 0) is 27.3 Å². The quantitative estimate of drug-likeness (QED) is 0.241. The van der Waals surface area contributed by atoms with Crippen molar-refractivity contribution in [1.29, 1.82) is 0 Å². The van der Waals surface area contributed by atoms with Gasteiger partial charge in [0.25, 0.3) is 0 Å². The van der Waals surface area contributed by atoms with Gasteiger partial charge in [0.05, 0.1) is 12.6 Å². The highest BCUT2D eigenvalue weighted by Crippen LogP contribution is 2.32. The third kappa shape index (κ3) is 7.33. The molecule has 0 bridgehead atoms. The van der Waals surface area contributed by atoms with Crippen molar-refractivity contribution in [3.63, 3.8) is 0 Å². The molecule has 0 saturated heterocycles. The summed E-state index contributed by atoms with van der Waals surface area (Å²) < 4.78 is 5.32. The minimum absolute atomic E-state index is 0.0344. The summed E-state index contributed by atoms with van der Waals surface area (Å²) in [6, 6.07) is 23.4. The lowest BCUT2D eigenvalue weighted by Crippen LogP contribution is -2.51. The topological polar surface area (TPSA) is 125 Å². The van der Waals surface area contributed by atoms with Gasteiger partial charge in [0, 0.05) is 36.9 Å². The van der Waals surface area contributed by atoms with Gasteiger partial charge in [-0.25, -0.2) is 0 Å². The molecule has 2 amide bonds. The number of hydrogen-bond donors (Lipinski definition) is 3. The van der Waals surface area contributed by atoms with Crippen molar-refractivity contribution in [1.82, 2.24) is 31.3 Å². The second kappa shape index (κ2) is 13.3. The maximum atomic E-state index is 14.0. The van der Waals surface area contributed by atoms with E-state index in [1.54, 1.807) is 12.0 Å². The molecule has 3 aromatic carbocycles. The molecule has 2 heterocycles. The lowest BCUT2D eigenvalue weighted by molar-refractivity contribution is -0.128. The fourth-order valence-corrected chi connectivity index (χ4v) is 5.40. The van der Waals surface area contributed by atoms with E-state index in [0.717, 1.165) is 33.5 Å². The van der Waals surface area contributed by atoms with Crippen LogP contribution in [0.2, 0.25) is 0 Å². The molecule has 0 aliphatic carbocycles. The van der Waals surface area contributed by atoms with Gasteiger partial charge in [-0.1, -0.05) is 66.7 Å². The van der Waals surface area contributed by atoms with Gasteiger partial charge in [-0.2, -0.15) is 5.21 Å². The molecule has 10 nitrogen and oxygen atoms in total. The second-order valence-corrected chi connectivity index (χ2v) is 11.7. The normalized spacial score (nSPS) is 16.0. The van der Waals surface area contributed by atoms with Crippen LogP contribution in [0.1, 0.15) is 44.7 Å². The van der Waals surface area contributed by atoms with E-state index in [-0.39, 0.29) is 24.3 Å². The van der Waals surface area contributed by atoms with Gasteiger partial charge in [-0.3, -0.25) is 9.59 Å². The number of para-hydroxylation sites is 1. The number of rotatable bonds is 11. The number of aromatic amines is 1. The predicted octanol–water partition coefficient (Wildman–Crippen LogP) is 4.29. The van der Waals surface area contributed by atoms with E-state index in [0.29, 0.717) is 31.8 Å². The Bertz CT molecular complexity index is 1540. The molecule has 2 atom stereocenters.